The van der Waals surface area contributed by atoms with Gasteiger partial charge in [0.25, 0.3) is 0 Å². The van der Waals surface area contributed by atoms with Crippen molar-refractivity contribution in [3.8, 4) is 39.5 Å². The minimum absolute atomic E-state index is 0.398. The number of nitrogens with zero attached hydrogens (tertiary/aromatic N) is 5. The number of piperazine rings is 1. The monoisotopic (exact) mass is 518 g/mol. The summed E-state index contributed by atoms with van der Waals surface area (Å²) in [5.74, 6) is 1.83. The van der Waals surface area contributed by atoms with Gasteiger partial charge in [-0.2, -0.15) is 0 Å². The number of aromatic nitrogens is 3. The largest absolute Gasteiger partial charge is 0.496 e. The summed E-state index contributed by atoms with van der Waals surface area (Å²) in [5.41, 5.74) is 13.1. The van der Waals surface area contributed by atoms with E-state index in [0.717, 1.165) is 66.1 Å². The van der Waals surface area contributed by atoms with Crippen molar-refractivity contribution in [2.24, 2.45) is 0 Å². The van der Waals surface area contributed by atoms with Crippen molar-refractivity contribution in [1.82, 2.24) is 19.3 Å². The van der Waals surface area contributed by atoms with Crippen LogP contribution in [0.2, 0.25) is 0 Å². The highest BCUT2D eigenvalue weighted by atomic mass is 16.5. The molecule has 196 valence electrons. The van der Waals surface area contributed by atoms with Crippen molar-refractivity contribution in [3.05, 3.63) is 84.7 Å². The van der Waals surface area contributed by atoms with Crippen molar-refractivity contribution >= 4 is 23.3 Å². The second kappa shape index (κ2) is 10.2. The van der Waals surface area contributed by atoms with Gasteiger partial charge in [-0.15, -0.1) is 0 Å². The van der Waals surface area contributed by atoms with E-state index >= 15 is 0 Å². The molecule has 0 bridgehead atoms. The zero-order chi connectivity index (χ0) is 26.9. The number of imidazole rings is 1. The van der Waals surface area contributed by atoms with Crippen molar-refractivity contribution in [1.29, 1.82) is 0 Å². The van der Waals surface area contributed by atoms with Gasteiger partial charge in [-0.1, -0.05) is 30.3 Å². The summed E-state index contributed by atoms with van der Waals surface area (Å²) in [6.45, 7) is 4.16. The normalized spacial score (nSPS) is 14.1. The molecule has 39 heavy (non-hydrogen) atoms. The van der Waals surface area contributed by atoms with E-state index in [-0.39, 0.29) is 0 Å². The molecule has 1 fully saturated rings. The quantitative estimate of drug-likeness (QED) is 0.320. The molecular formula is C31H30N6O2. The van der Waals surface area contributed by atoms with Crippen LogP contribution in [0.25, 0.3) is 39.3 Å². The fraction of sp³-hybridized carbons (Fsp3) is 0.194. The fourth-order valence-corrected chi connectivity index (χ4v) is 5.26. The molecule has 5 aromatic rings. The number of anilines is 2. The van der Waals surface area contributed by atoms with E-state index in [1.54, 1.807) is 19.4 Å². The number of methoxy groups -OCH3 is 1. The average molecular weight is 519 g/mol. The molecule has 8 heteroatoms. The molecular weight excluding hydrogens is 488 g/mol. The Balaban J connectivity index is 1.42. The minimum Gasteiger partial charge on any atom is -0.496 e. The number of benzene rings is 3. The molecule has 1 aliphatic rings. The smallest absolute Gasteiger partial charge is 0.150 e. The Kier molecular flexibility index (Phi) is 6.46. The molecule has 2 aromatic heterocycles. The number of rotatable bonds is 6. The maximum absolute atomic E-state index is 11.7. The van der Waals surface area contributed by atoms with Gasteiger partial charge < -0.3 is 20.3 Å². The highest BCUT2D eigenvalue weighted by molar-refractivity contribution is 5.92. The van der Waals surface area contributed by atoms with Crippen molar-refractivity contribution < 1.29 is 9.53 Å². The van der Waals surface area contributed by atoms with E-state index in [2.05, 4.69) is 46.1 Å². The molecule has 1 aliphatic heterocycles. The molecule has 0 radical (unpaired) electrons. The first-order valence-electron chi connectivity index (χ1n) is 13.0. The highest BCUT2D eigenvalue weighted by Crippen LogP contribution is 2.38. The summed E-state index contributed by atoms with van der Waals surface area (Å²) in [7, 11) is 3.79. The molecule has 0 amide bonds. The molecule has 2 N–H and O–H groups in total. The third-order valence-electron chi connectivity index (χ3n) is 7.43. The summed E-state index contributed by atoms with van der Waals surface area (Å²) >= 11 is 0. The average Bonchev–Trinajstić information content (AvgIpc) is 3.38. The third-order valence-corrected chi connectivity index (χ3v) is 7.43. The van der Waals surface area contributed by atoms with Gasteiger partial charge in [0, 0.05) is 66.5 Å². The zero-order valence-corrected chi connectivity index (χ0v) is 22.0. The van der Waals surface area contributed by atoms with Crippen LogP contribution in [0, 0.1) is 0 Å². The van der Waals surface area contributed by atoms with Crippen molar-refractivity contribution in [3.63, 3.8) is 0 Å². The minimum atomic E-state index is 0.398. The van der Waals surface area contributed by atoms with Gasteiger partial charge in [0.05, 0.1) is 7.11 Å². The van der Waals surface area contributed by atoms with Crippen LogP contribution in [-0.2, 0) is 0 Å². The Morgan fingerprint density at radius 1 is 0.923 bits per heavy atom. The molecule has 8 nitrogen and oxygen atoms in total. The highest BCUT2D eigenvalue weighted by Gasteiger charge is 2.20. The Bertz CT molecular complexity index is 1650. The van der Waals surface area contributed by atoms with Crippen LogP contribution in [0.3, 0.4) is 0 Å². The standard InChI is InChI=1S/C31H30N6O2/c1-35-15-17-36(18-16-35)24-10-7-21(8-11-24)31-34-28(29-30(32)33-13-14-37(29)31)22-9-12-26(27(19-22)39-2)25-6-4-3-5-23(25)20-38/h3-14,19-20H,15-18H2,1-2H3,(H2,32,33). The SMILES string of the molecule is COc1cc(-c2nc(-c3ccc(N4CCN(C)CC4)cc3)n3ccnc(N)c23)ccc1-c1ccccc1C=O. The molecule has 0 spiro atoms. The summed E-state index contributed by atoms with van der Waals surface area (Å²) in [5, 5.41) is 0. The first-order valence-corrected chi connectivity index (χ1v) is 13.0. The number of ether oxygens (including phenoxy) is 1. The molecule has 6 rings (SSSR count). The van der Waals surface area contributed by atoms with Crippen LogP contribution in [0.4, 0.5) is 11.5 Å². The maximum Gasteiger partial charge on any atom is 0.150 e. The van der Waals surface area contributed by atoms with Crippen LogP contribution in [0.15, 0.2) is 79.1 Å². The molecule has 0 atom stereocenters. The topological polar surface area (TPSA) is 89.0 Å². The predicted molar refractivity (Wildman–Crippen MR) is 155 cm³/mol. The maximum atomic E-state index is 11.7. The summed E-state index contributed by atoms with van der Waals surface area (Å²) < 4.78 is 7.76. The van der Waals surface area contributed by atoms with E-state index < -0.39 is 0 Å². The molecule has 0 saturated carbocycles. The fourth-order valence-electron chi connectivity index (χ4n) is 5.26. The van der Waals surface area contributed by atoms with Crippen LogP contribution in [0.1, 0.15) is 10.4 Å². The van der Waals surface area contributed by atoms with E-state index in [9.17, 15) is 4.79 Å². The second-order valence-electron chi connectivity index (χ2n) is 9.77. The Morgan fingerprint density at radius 2 is 1.67 bits per heavy atom. The Hall–Kier alpha value is -4.69. The number of likely N-dealkylation sites (N-methyl/N-ethyl adjacent to an activating group) is 1. The van der Waals surface area contributed by atoms with Gasteiger partial charge in [0.1, 0.15) is 28.6 Å². The summed E-state index contributed by atoms with van der Waals surface area (Å²) in [6.07, 6.45) is 4.44. The Labute approximate surface area is 227 Å². The molecule has 0 unspecified atom stereocenters. The van der Waals surface area contributed by atoms with E-state index in [1.807, 2.05) is 47.0 Å². The van der Waals surface area contributed by atoms with Crippen molar-refractivity contribution in [2.45, 2.75) is 0 Å². The zero-order valence-electron chi connectivity index (χ0n) is 22.0. The number of hydrogen-bond donors (Lipinski definition) is 1. The van der Waals surface area contributed by atoms with Gasteiger partial charge in [0.15, 0.2) is 6.29 Å². The van der Waals surface area contributed by atoms with Gasteiger partial charge in [-0.25, -0.2) is 9.97 Å². The second-order valence-corrected chi connectivity index (χ2v) is 9.77. The van der Waals surface area contributed by atoms with E-state index in [1.165, 1.54) is 5.69 Å². The molecule has 1 saturated heterocycles. The van der Waals surface area contributed by atoms with Gasteiger partial charge in [0.2, 0.25) is 0 Å². The first kappa shape index (κ1) is 24.6. The lowest BCUT2D eigenvalue weighted by Crippen LogP contribution is -2.44. The molecule has 3 aromatic carbocycles. The molecule has 3 heterocycles. The third kappa shape index (κ3) is 4.49. The number of aldehydes is 1. The van der Waals surface area contributed by atoms with E-state index in [0.29, 0.717) is 22.8 Å². The lowest BCUT2D eigenvalue weighted by atomic mass is 9.97. The lowest BCUT2D eigenvalue weighted by molar-refractivity contribution is 0.112. The summed E-state index contributed by atoms with van der Waals surface area (Å²) in [4.78, 5) is 25.8. The predicted octanol–water partition coefficient (Wildman–Crippen LogP) is 4.89. The van der Waals surface area contributed by atoms with E-state index in [4.69, 9.17) is 15.5 Å². The number of hydrogen-bond acceptors (Lipinski definition) is 7. The number of nitrogen functional groups attached to an aromatic ring is 1. The van der Waals surface area contributed by atoms with Crippen LogP contribution >= 0.6 is 0 Å². The van der Waals surface area contributed by atoms with Crippen LogP contribution in [-0.4, -0.2) is 65.9 Å². The molecule has 0 aliphatic carbocycles. The number of fused-ring (bicyclic) bond motifs is 1. The number of carbonyl (C=O) groups excluding carboxylic acids is 1. The van der Waals surface area contributed by atoms with Crippen LogP contribution in [0.5, 0.6) is 5.75 Å². The van der Waals surface area contributed by atoms with Gasteiger partial charge >= 0.3 is 0 Å². The lowest BCUT2D eigenvalue weighted by Gasteiger charge is -2.34. The Morgan fingerprint density at radius 3 is 2.41 bits per heavy atom. The first-order chi connectivity index (χ1) is 19.1. The van der Waals surface area contributed by atoms with Gasteiger partial charge in [-0.3, -0.25) is 9.20 Å². The summed E-state index contributed by atoms with van der Waals surface area (Å²) in [6, 6.07) is 21.9. The number of nitrogens with two attached hydrogens (primary N) is 1. The van der Waals surface area contributed by atoms with Crippen LogP contribution < -0.4 is 15.4 Å². The number of carbonyl (C=O) groups is 1. The van der Waals surface area contributed by atoms with Gasteiger partial charge in [-0.05, 0) is 49.0 Å². The van der Waals surface area contributed by atoms with Crippen molar-refractivity contribution in [2.75, 3.05) is 51.0 Å².